The third kappa shape index (κ3) is 6.38. The summed E-state index contributed by atoms with van der Waals surface area (Å²) in [7, 11) is 0. The number of urea groups is 1. The van der Waals surface area contributed by atoms with Gasteiger partial charge in [0.2, 0.25) is 5.91 Å². The van der Waals surface area contributed by atoms with Crippen molar-refractivity contribution in [1.29, 1.82) is 0 Å². The van der Waals surface area contributed by atoms with Gasteiger partial charge in [-0.05, 0) is 55.9 Å². The van der Waals surface area contributed by atoms with Crippen molar-refractivity contribution in [3.63, 3.8) is 0 Å². The van der Waals surface area contributed by atoms with Gasteiger partial charge >= 0.3 is 12.0 Å². The molecule has 0 bridgehead atoms. The first kappa shape index (κ1) is 19.8. The van der Waals surface area contributed by atoms with Crippen LogP contribution in [0.15, 0.2) is 24.3 Å². The summed E-state index contributed by atoms with van der Waals surface area (Å²) in [6.45, 7) is 3.97. The highest BCUT2D eigenvalue weighted by Gasteiger charge is 2.26. The third-order valence-corrected chi connectivity index (χ3v) is 4.43. The quantitative estimate of drug-likeness (QED) is 0.622. The lowest BCUT2D eigenvalue weighted by Crippen LogP contribution is -2.40. The fourth-order valence-electron chi connectivity index (χ4n) is 3.06. The summed E-state index contributed by atoms with van der Waals surface area (Å²) in [5, 5.41) is 17.5. The normalized spacial score (nSPS) is 19.7. The van der Waals surface area contributed by atoms with Gasteiger partial charge in [-0.3, -0.25) is 9.59 Å². The maximum Gasteiger partial charge on any atom is 0.319 e. The third-order valence-electron chi connectivity index (χ3n) is 4.43. The highest BCUT2D eigenvalue weighted by Crippen LogP contribution is 2.24. The monoisotopic (exact) mass is 361 g/mol. The molecule has 7 nitrogen and oxygen atoms in total. The van der Waals surface area contributed by atoms with Crippen LogP contribution >= 0.6 is 0 Å². The summed E-state index contributed by atoms with van der Waals surface area (Å²) in [5.41, 5.74) is 1.32. The molecule has 4 N–H and O–H groups in total. The molecule has 0 saturated heterocycles. The average Bonchev–Trinajstić information content (AvgIpc) is 2.56. The van der Waals surface area contributed by atoms with E-state index in [9.17, 15) is 14.4 Å². The minimum Gasteiger partial charge on any atom is -0.481 e. The van der Waals surface area contributed by atoms with E-state index in [1.165, 1.54) is 0 Å². The van der Waals surface area contributed by atoms with E-state index in [4.69, 9.17) is 5.11 Å². The Morgan fingerprint density at radius 1 is 1.00 bits per heavy atom. The van der Waals surface area contributed by atoms with Gasteiger partial charge in [-0.25, -0.2) is 4.79 Å². The summed E-state index contributed by atoms with van der Waals surface area (Å²) in [4.78, 5) is 34.8. The van der Waals surface area contributed by atoms with Gasteiger partial charge in [-0.15, -0.1) is 0 Å². The number of carbonyl (C=O) groups is 3. The molecule has 0 atom stereocenters. The lowest BCUT2D eigenvalue weighted by molar-refractivity contribution is -0.142. The number of carboxylic acids is 1. The Bertz CT molecular complexity index is 635. The Balaban J connectivity index is 1.77. The molecule has 1 fully saturated rings. The first-order chi connectivity index (χ1) is 12.3. The zero-order chi connectivity index (χ0) is 19.1. The molecule has 142 valence electrons. The van der Waals surface area contributed by atoms with Gasteiger partial charge in [0.15, 0.2) is 0 Å². The van der Waals surface area contributed by atoms with Crippen LogP contribution in [0.25, 0.3) is 0 Å². The van der Waals surface area contributed by atoms with E-state index in [2.05, 4.69) is 16.0 Å². The van der Waals surface area contributed by atoms with Crippen LogP contribution in [0.3, 0.4) is 0 Å². The number of hydrogen-bond donors (Lipinski definition) is 4. The zero-order valence-electron chi connectivity index (χ0n) is 15.2. The first-order valence-corrected chi connectivity index (χ1v) is 9.03. The Morgan fingerprint density at radius 3 is 2.04 bits per heavy atom. The number of hydrogen-bond acceptors (Lipinski definition) is 3. The van der Waals surface area contributed by atoms with Gasteiger partial charge in [0, 0.05) is 23.8 Å². The largest absolute Gasteiger partial charge is 0.481 e. The molecule has 2 rings (SSSR count). The topological polar surface area (TPSA) is 108 Å². The summed E-state index contributed by atoms with van der Waals surface area (Å²) in [5.74, 6) is -0.788. The molecule has 1 aliphatic carbocycles. The second-order valence-corrected chi connectivity index (χ2v) is 7.21. The molecule has 7 heteroatoms. The number of aliphatic carboxylic acids is 1. The second-order valence-electron chi connectivity index (χ2n) is 7.21. The van der Waals surface area contributed by atoms with Crippen molar-refractivity contribution in [2.24, 2.45) is 11.8 Å². The van der Waals surface area contributed by atoms with Crippen molar-refractivity contribution in [2.45, 2.75) is 52.0 Å². The second kappa shape index (κ2) is 9.22. The van der Waals surface area contributed by atoms with Crippen LogP contribution in [-0.4, -0.2) is 29.1 Å². The fraction of sp³-hybridized carbons (Fsp3) is 0.526. The van der Waals surface area contributed by atoms with Crippen molar-refractivity contribution in [3.05, 3.63) is 24.3 Å². The lowest BCUT2D eigenvalue weighted by Gasteiger charge is -2.26. The molecule has 3 amide bonds. The van der Waals surface area contributed by atoms with Crippen LogP contribution in [-0.2, 0) is 9.59 Å². The van der Waals surface area contributed by atoms with E-state index in [1.54, 1.807) is 24.3 Å². The van der Waals surface area contributed by atoms with Crippen LogP contribution in [0.4, 0.5) is 16.2 Å². The molecule has 0 heterocycles. The Kier molecular flexibility index (Phi) is 7.00. The van der Waals surface area contributed by atoms with Gasteiger partial charge in [-0.2, -0.15) is 0 Å². The van der Waals surface area contributed by atoms with E-state index >= 15 is 0 Å². The number of rotatable bonds is 6. The maximum absolute atomic E-state index is 12.1. The van der Waals surface area contributed by atoms with Crippen LogP contribution in [0.1, 0.15) is 46.0 Å². The average molecular weight is 361 g/mol. The molecule has 1 saturated carbocycles. The number of benzene rings is 1. The van der Waals surface area contributed by atoms with E-state index in [1.807, 2.05) is 13.8 Å². The standard InChI is InChI=1S/C19H27N3O4/c1-12(2)11-17(23)20-14-7-9-16(10-8-14)22-19(26)21-15-5-3-13(4-6-15)18(24)25/h7-10,12-13,15H,3-6,11H2,1-2H3,(H,20,23)(H,24,25)(H2,21,22,26). The molecule has 1 aliphatic rings. The summed E-state index contributed by atoms with van der Waals surface area (Å²) in [6.07, 6.45) is 2.99. The smallest absolute Gasteiger partial charge is 0.319 e. The minimum atomic E-state index is -0.756. The van der Waals surface area contributed by atoms with Crippen LogP contribution < -0.4 is 16.0 Å². The van der Waals surface area contributed by atoms with E-state index < -0.39 is 5.97 Å². The first-order valence-electron chi connectivity index (χ1n) is 9.03. The molecule has 0 spiro atoms. The van der Waals surface area contributed by atoms with Crippen LogP contribution in [0, 0.1) is 11.8 Å². The predicted molar refractivity (Wildman–Crippen MR) is 100 cm³/mol. The molecule has 0 aliphatic heterocycles. The van der Waals surface area contributed by atoms with Gasteiger partial charge in [0.05, 0.1) is 5.92 Å². The van der Waals surface area contributed by atoms with Crippen molar-refractivity contribution >= 4 is 29.3 Å². The van der Waals surface area contributed by atoms with Gasteiger partial charge in [0.1, 0.15) is 0 Å². The minimum absolute atomic E-state index is 0.000180. The number of carboxylic acid groups (broad SMARTS) is 1. The summed E-state index contributed by atoms with van der Waals surface area (Å²) < 4.78 is 0. The Hall–Kier alpha value is -2.57. The van der Waals surface area contributed by atoms with Crippen molar-refractivity contribution < 1.29 is 19.5 Å². The molecule has 0 aromatic heterocycles. The van der Waals surface area contributed by atoms with E-state index in [0.717, 1.165) is 0 Å². The number of carbonyl (C=O) groups excluding carboxylic acids is 2. The zero-order valence-corrected chi connectivity index (χ0v) is 15.2. The van der Waals surface area contributed by atoms with Gasteiger partial charge in [-0.1, -0.05) is 13.8 Å². The lowest BCUT2D eigenvalue weighted by atomic mass is 9.86. The van der Waals surface area contributed by atoms with Crippen molar-refractivity contribution in [1.82, 2.24) is 5.32 Å². The predicted octanol–water partition coefficient (Wildman–Crippen LogP) is 3.44. The van der Waals surface area contributed by atoms with E-state index in [-0.39, 0.29) is 23.9 Å². The van der Waals surface area contributed by atoms with Crippen LogP contribution in [0.5, 0.6) is 0 Å². The number of nitrogens with one attached hydrogen (secondary N) is 3. The fourth-order valence-corrected chi connectivity index (χ4v) is 3.06. The highest BCUT2D eigenvalue weighted by molar-refractivity contribution is 5.92. The van der Waals surface area contributed by atoms with Crippen molar-refractivity contribution in [3.8, 4) is 0 Å². The Morgan fingerprint density at radius 2 is 1.54 bits per heavy atom. The van der Waals surface area contributed by atoms with Gasteiger partial charge < -0.3 is 21.1 Å². The molecule has 26 heavy (non-hydrogen) atoms. The summed E-state index contributed by atoms with van der Waals surface area (Å²) in [6, 6.07) is 6.64. The molecule has 0 radical (unpaired) electrons. The summed E-state index contributed by atoms with van der Waals surface area (Å²) >= 11 is 0. The number of amides is 3. The van der Waals surface area contributed by atoms with Crippen molar-refractivity contribution in [2.75, 3.05) is 10.6 Å². The Labute approximate surface area is 153 Å². The SMILES string of the molecule is CC(C)CC(=O)Nc1ccc(NC(=O)NC2CCC(C(=O)O)CC2)cc1. The maximum atomic E-state index is 12.1. The molecule has 1 aromatic carbocycles. The highest BCUT2D eigenvalue weighted by atomic mass is 16.4. The van der Waals surface area contributed by atoms with E-state index in [0.29, 0.717) is 49.4 Å². The molecular weight excluding hydrogens is 334 g/mol. The molecule has 0 unspecified atom stereocenters. The molecular formula is C19H27N3O4. The van der Waals surface area contributed by atoms with Gasteiger partial charge in [0.25, 0.3) is 0 Å². The number of anilines is 2. The molecule has 1 aromatic rings. The van der Waals surface area contributed by atoms with Crippen LogP contribution in [0.2, 0.25) is 0 Å².